The molecule has 3 heterocycles. The second kappa shape index (κ2) is 14.7. The molecule has 5 aromatic rings. The van der Waals surface area contributed by atoms with Gasteiger partial charge in [0.1, 0.15) is 17.5 Å². The lowest BCUT2D eigenvalue weighted by atomic mass is 10.0. The van der Waals surface area contributed by atoms with Gasteiger partial charge in [-0.3, -0.25) is 19.4 Å². The largest absolute Gasteiger partial charge is 0.457 e. The molecule has 2 aromatic heterocycles. The highest BCUT2D eigenvalue weighted by Gasteiger charge is 2.49. The molecule has 0 spiro atoms. The quantitative estimate of drug-likeness (QED) is 0.190. The molecule has 0 saturated carbocycles. The van der Waals surface area contributed by atoms with Gasteiger partial charge in [-0.1, -0.05) is 36.4 Å². The third-order valence-corrected chi connectivity index (χ3v) is 10.3. The number of rotatable bonds is 12. The molecule has 51 heavy (non-hydrogen) atoms. The van der Waals surface area contributed by atoms with Crippen molar-refractivity contribution < 1.29 is 36.7 Å². The fraction of sp³-hybridized carbons (Fsp3) is 0.243. The van der Waals surface area contributed by atoms with Gasteiger partial charge in [-0.05, 0) is 67.6 Å². The van der Waals surface area contributed by atoms with Crippen LogP contribution >= 0.6 is 0 Å². The molecular weight excluding hydrogens is 677 g/mol. The Balaban J connectivity index is 1.17. The van der Waals surface area contributed by atoms with Crippen molar-refractivity contribution in [3.8, 4) is 11.5 Å². The zero-order valence-electron chi connectivity index (χ0n) is 27.9. The number of aromatic nitrogens is 2. The number of amides is 3. The molecule has 1 saturated heterocycles. The zero-order valence-corrected chi connectivity index (χ0v) is 28.7. The highest BCUT2D eigenvalue weighted by atomic mass is 32.2. The number of nitrogens with zero attached hydrogens (tertiary/aromatic N) is 3. The molecule has 2 N–H and O–H groups in total. The van der Waals surface area contributed by atoms with E-state index in [2.05, 4.69) is 15.6 Å². The summed E-state index contributed by atoms with van der Waals surface area (Å²) in [5.41, 5.74) is -1.17. The van der Waals surface area contributed by atoms with Crippen molar-refractivity contribution in [2.75, 3.05) is 26.8 Å². The number of para-hydroxylation sites is 1. The fourth-order valence-corrected chi connectivity index (χ4v) is 7.78. The van der Waals surface area contributed by atoms with Gasteiger partial charge in [0.05, 0.1) is 41.8 Å². The van der Waals surface area contributed by atoms with Gasteiger partial charge < -0.3 is 25.0 Å². The minimum atomic E-state index is -4.11. The molecule has 3 aromatic carbocycles. The normalized spacial score (nSPS) is 17.9. The molecule has 12 nitrogen and oxygen atoms in total. The summed E-state index contributed by atoms with van der Waals surface area (Å²) < 4.78 is 55.6. The smallest absolute Gasteiger partial charge is 0.268 e. The van der Waals surface area contributed by atoms with Crippen molar-refractivity contribution in [3.05, 3.63) is 121 Å². The Kier molecular flexibility index (Phi) is 10.2. The van der Waals surface area contributed by atoms with Gasteiger partial charge in [0.2, 0.25) is 11.8 Å². The number of ether oxygens (including phenoxy) is 2. The van der Waals surface area contributed by atoms with Gasteiger partial charge in [0.15, 0.2) is 5.67 Å². The number of benzene rings is 3. The fourth-order valence-electron chi connectivity index (χ4n) is 6.16. The summed E-state index contributed by atoms with van der Waals surface area (Å²) in [5, 5.41) is 5.88. The number of halogens is 1. The number of hydrogen-bond acceptors (Lipinski definition) is 8. The first-order valence-corrected chi connectivity index (χ1v) is 17.6. The summed E-state index contributed by atoms with van der Waals surface area (Å²) in [6.07, 6.45) is 2.63. The number of nitrogens with one attached hydrogen (secondary N) is 2. The van der Waals surface area contributed by atoms with Crippen molar-refractivity contribution in [1.82, 2.24) is 24.5 Å². The predicted octanol–water partition coefficient (Wildman–Crippen LogP) is 4.63. The third kappa shape index (κ3) is 7.61. The van der Waals surface area contributed by atoms with Gasteiger partial charge in [0, 0.05) is 36.9 Å². The second-order valence-electron chi connectivity index (χ2n) is 12.3. The summed E-state index contributed by atoms with van der Waals surface area (Å²) in [5.74, 6) is -0.774. The minimum Gasteiger partial charge on any atom is -0.457 e. The molecule has 14 heteroatoms. The lowest BCUT2D eigenvalue weighted by Crippen LogP contribution is -2.49. The number of pyridine rings is 1. The van der Waals surface area contributed by atoms with E-state index >= 15 is 4.39 Å². The summed E-state index contributed by atoms with van der Waals surface area (Å²) in [4.78, 5) is 45.5. The molecule has 1 aliphatic heterocycles. The van der Waals surface area contributed by atoms with Crippen molar-refractivity contribution in [1.29, 1.82) is 0 Å². The highest BCUT2D eigenvalue weighted by molar-refractivity contribution is 7.90. The van der Waals surface area contributed by atoms with Crippen LogP contribution in [0, 0.1) is 0 Å². The molecular formula is C37H36FN5O7S. The summed E-state index contributed by atoms with van der Waals surface area (Å²) >= 11 is 0. The van der Waals surface area contributed by atoms with E-state index in [1.54, 1.807) is 73.7 Å². The van der Waals surface area contributed by atoms with Crippen LogP contribution in [0.2, 0.25) is 0 Å². The number of fused-ring (bicyclic) bond motifs is 1. The molecule has 0 aliphatic carbocycles. The number of hydrogen-bond donors (Lipinski definition) is 2. The molecule has 264 valence electrons. The van der Waals surface area contributed by atoms with E-state index in [1.807, 2.05) is 18.2 Å². The lowest BCUT2D eigenvalue weighted by Gasteiger charge is -2.26. The van der Waals surface area contributed by atoms with Crippen LogP contribution < -0.4 is 15.4 Å². The van der Waals surface area contributed by atoms with Gasteiger partial charge in [0.25, 0.3) is 15.9 Å². The molecule has 3 amide bonds. The summed E-state index contributed by atoms with van der Waals surface area (Å²) in [7, 11) is -2.79. The van der Waals surface area contributed by atoms with E-state index in [4.69, 9.17) is 9.47 Å². The van der Waals surface area contributed by atoms with Crippen LogP contribution in [-0.2, 0) is 24.3 Å². The summed E-state index contributed by atoms with van der Waals surface area (Å²) in [6.45, 7) is 0.296. The molecule has 1 unspecified atom stereocenters. The highest BCUT2D eigenvalue weighted by Crippen LogP contribution is 2.33. The maximum Gasteiger partial charge on any atom is 0.268 e. The standard InChI is InChI=1S/C37H36FN5O7S/c1-25(32-19-27-21-39-18-17-31(27)43(32)51(47,48)30-11-7-4-8-12-30)41-36(46)33-20-37(38,24-49-2)23-42(33)34(44)22-40-35(45)26-13-15-29(16-14-26)50-28-9-5-3-6-10-28/h3-19,21,25,33H,20,22-24H2,1-2H3,(H,40,45)(H,41,46)/t25?,33-,37+/m0/s1. The Morgan fingerprint density at radius 3 is 2.33 bits per heavy atom. The predicted molar refractivity (Wildman–Crippen MR) is 186 cm³/mol. The van der Waals surface area contributed by atoms with Crippen LogP contribution in [0.15, 0.2) is 114 Å². The maximum atomic E-state index is 15.9. The van der Waals surface area contributed by atoms with E-state index in [0.717, 1.165) is 8.87 Å². The van der Waals surface area contributed by atoms with E-state index in [9.17, 15) is 22.8 Å². The Hall–Kier alpha value is -5.60. The van der Waals surface area contributed by atoms with Crippen molar-refractivity contribution in [2.45, 2.75) is 36.0 Å². The second-order valence-corrected chi connectivity index (χ2v) is 14.1. The minimum absolute atomic E-state index is 0.0481. The van der Waals surface area contributed by atoms with Crippen LogP contribution in [0.3, 0.4) is 0 Å². The average molecular weight is 714 g/mol. The topological polar surface area (TPSA) is 149 Å². The van der Waals surface area contributed by atoms with Crippen molar-refractivity contribution in [2.24, 2.45) is 0 Å². The summed E-state index contributed by atoms with van der Waals surface area (Å²) in [6, 6.07) is 24.4. The Morgan fingerprint density at radius 1 is 0.980 bits per heavy atom. The molecule has 1 aliphatic rings. The number of likely N-dealkylation sites (tertiary alicyclic amines) is 1. The van der Waals surface area contributed by atoms with Crippen LogP contribution in [0.25, 0.3) is 10.9 Å². The number of alkyl halides is 1. The van der Waals surface area contributed by atoms with E-state index < -0.39 is 58.6 Å². The first-order valence-electron chi connectivity index (χ1n) is 16.1. The first-order chi connectivity index (χ1) is 24.5. The Morgan fingerprint density at radius 2 is 1.65 bits per heavy atom. The third-order valence-electron chi connectivity index (χ3n) is 8.58. The average Bonchev–Trinajstić information content (AvgIpc) is 3.71. The molecule has 3 atom stereocenters. The van der Waals surface area contributed by atoms with E-state index in [1.165, 1.54) is 31.6 Å². The van der Waals surface area contributed by atoms with Crippen molar-refractivity contribution >= 4 is 38.6 Å². The Labute approximate surface area is 294 Å². The van der Waals surface area contributed by atoms with Gasteiger partial charge >= 0.3 is 0 Å². The SMILES string of the molecule is COC[C@@]1(F)C[C@@H](C(=O)NC(C)c2cc3cnccc3n2S(=O)(=O)c2ccccc2)N(C(=O)CNC(=O)c2ccc(Oc3ccccc3)cc2)C1. The maximum absolute atomic E-state index is 15.9. The molecule has 6 rings (SSSR count). The van der Waals surface area contributed by atoms with E-state index in [-0.39, 0.29) is 29.2 Å². The van der Waals surface area contributed by atoms with Crippen molar-refractivity contribution in [3.63, 3.8) is 0 Å². The van der Waals surface area contributed by atoms with E-state index in [0.29, 0.717) is 22.4 Å². The Bertz CT molecular complexity index is 2150. The zero-order chi connectivity index (χ0) is 36.2. The van der Waals surface area contributed by atoms with Gasteiger partial charge in [-0.2, -0.15) is 0 Å². The van der Waals surface area contributed by atoms with Crippen LogP contribution in [0.4, 0.5) is 4.39 Å². The van der Waals surface area contributed by atoms with Crippen LogP contribution in [-0.4, -0.2) is 78.5 Å². The first kappa shape index (κ1) is 35.2. The van der Waals surface area contributed by atoms with Gasteiger partial charge in [-0.15, -0.1) is 0 Å². The lowest BCUT2D eigenvalue weighted by molar-refractivity contribution is -0.138. The van der Waals surface area contributed by atoms with Crippen LogP contribution in [0.1, 0.15) is 35.4 Å². The molecule has 0 radical (unpaired) electrons. The monoisotopic (exact) mass is 713 g/mol. The molecule has 0 bridgehead atoms. The van der Waals surface area contributed by atoms with Gasteiger partial charge in [-0.25, -0.2) is 16.8 Å². The molecule has 1 fully saturated rings. The number of carbonyl (C=O) groups is 3. The number of carbonyl (C=O) groups excluding carboxylic acids is 3. The van der Waals surface area contributed by atoms with Crippen LogP contribution in [0.5, 0.6) is 11.5 Å². The number of methoxy groups -OCH3 is 1.